The maximum Gasteiger partial charge on any atom is 0.394 e. The normalized spacial score (nSPS) is 13.3. The highest BCUT2D eigenvalue weighted by atomic mass is 19.3. The minimum Gasteiger partial charge on any atom is -0.433 e. The molecule has 1 rings (SSSR count). The highest BCUT2D eigenvalue weighted by Crippen LogP contribution is 2.29. The van der Waals surface area contributed by atoms with Crippen LogP contribution in [0.1, 0.15) is 64.4 Å². The molecule has 0 bridgehead atoms. The molecule has 0 saturated carbocycles. The van der Waals surface area contributed by atoms with Crippen LogP contribution in [0.25, 0.3) is 0 Å². The summed E-state index contributed by atoms with van der Waals surface area (Å²) in [5.74, 6) is 0.753. The quantitative estimate of drug-likeness (QED) is 0.584. The Morgan fingerprint density at radius 3 is 2.16 bits per heavy atom. The molecule has 0 N–H and O–H groups in total. The zero-order valence-corrected chi connectivity index (χ0v) is 12.1. The first kappa shape index (κ1) is 15.9. The van der Waals surface area contributed by atoms with Gasteiger partial charge in [0.15, 0.2) is 0 Å². The van der Waals surface area contributed by atoms with Crippen LogP contribution in [0.15, 0.2) is 24.3 Å². The lowest BCUT2D eigenvalue weighted by atomic mass is 9.90. The van der Waals surface area contributed by atoms with Gasteiger partial charge in [-0.2, -0.15) is 8.78 Å². The van der Waals surface area contributed by atoms with E-state index >= 15 is 0 Å². The van der Waals surface area contributed by atoms with Gasteiger partial charge in [-0.15, -0.1) is 0 Å². The minimum atomic E-state index is -3.12. The summed E-state index contributed by atoms with van der Waals surface area (Å²) in [7, 11) is 0. The van der Waals surface area contributed by atoms with E-state index in [9.17, 15) is 8.78 Å². The summed E-state index contributed by atoms with van der Waals surface area (Å²) in [5.41, 5.74) is 1.22. The predicted molar refractivity (Wildman–Crippen MR) is 74.9 cm³/mol. The molecule has 0 aliphatic carbocycles. The zero-order chi connectivity index (χ0) is 14.3. The fraction of sp³-hybridized carbons (Fsp3) is 0.625. The Hall–Kier alpha value is -1.12. The molecule has 0 spiro atoms. The Labute approximate surface area is 115 Å². The number of rotatable bonds is 8. The Kier molecular flexibility index (Phi) is 6.26. The summed E-state index contributed by atoms with van der Waals surface area (Å²) in [6, 6.07) is 7.11. The molecule has 0 heterocycles. The van der Waals surface area contributed by atoms with Gasteiger partial charge in [0.25, 0.3) is 0 Å². The van der Waals surface area contributed by atoms with Crippen molar-refractivity contribution in [3.63, 3.8) is 0 Å². The topological polar surface area (TPSA) is 9.23 Å². The van der Waals surface area contributed by atoms with Crippen molar-refractivity contribution >= 4 is 0 Å². The van der Waals surface area contributed by atoms with Crippen LogP contribution in [0, 0.1) is 0 Å². The number of halogens is 2. The third-order valence-corrected chi connectivity index (χ3v) is 3.19. The number of benzene rings is 1. The molecule has 1 aromatic carbocycles. The molecular weight excluding hydrogens is 246 g/mol. The fourth-order valence-electron chi connectivity index (χ4n) is 2.29. The van der Waals surface area contributed by atoms with E-state index < -0.39 is 6.11 Å². The van der Waals surface area contributed by atoms with Crippen LogP contribution < -0.4 is 4.74 Å². The molecule has 3 heteroatoms. The number of alkyl halides is 2. The second kappa shape index (κ2) is 7.46. The van der Waals surface area contributed by atoms with Crippen molar-refractivity contribution in [2.75, 3.05) is 0 Å². The second-order valence-corrected chi connectivity index (χ2v) is 5.11. The highest BCUT2D eigenvalue weighted by molar-refractivity contribution is 5.29. The predicted octanol–water partition coefficient (Wildman–Crippen LogP) is 5.75. The van der Waals surface area contributed by atoms with Gasteiger partial charge in [-0.05, 0) is 36.5 Å². The molecule has 1 unspecified atom stereocenters. The van der Waals surface area contributed by atoms with Gasteiger partial charge >= 0.3 is 6.11 Å². The molecule has 1 aromatic rings. The molecule has 19 heavy (non-hydrogen) atoms. The van der Waals surface area contributed by atoms with Crippen molar-refractivity contribution in [3.05, 3.63) is 29.8 Å². The molecule has 0 aliphatic heterocycles. The molecule has 0 aromatic heterocycles. The van der Waals surface area contributed by atoms with E-state index in [1.807, 2.05) is 12.1 Å². The standard InChI is InChI=1S/C16H24F2O/c1-4-6-8-13(7-5-2)14-9-11-15(12-10-14)19-16(3,17)18/h9-13H,4-8H2,1-3H3. The van der Waals surface area contributed by atoms with Crippen LogP contribution >= 0.6 is 0 Å². The third-order valence-electron chi connectivity index (χ3n) is 3.19. The molecule has 0 amide bonds. The van der Waals surface area contributed by atoms with Crippen molar-refractivity contribution in [1.29, 1.82) is 0 Å². The van der Waals surface area contributed by atoms with Crippen LogP contribution in [0.4, 0.5) is 8.78 Å². The van der Waals surface area contributed by atoms with Crippen molar-refractivity contribution in [2.24, 2.45) is 0 Å². The van der Waals surface area contributed by atoms with Crippen molar-refractivity contribution in [1.82, 2.24) is 0 Å². The summed E-state index contributed by atoms with van der Waals surface area (Å²) in [6.45, 7) is 5.11. The van der Waals surface area contributed by atoms with Crippen LogP contribution in [0.5, 0.6) is 5.75 Å². The SMILES string of the molecule is CCCCC(CCC)c1ccc(OC(C)(F)F)cc1. The molecule has 1 atom stereocenters. The largest absolute Gasteiger partial charge is 0.433 e. The van der Waals surface area contributed by atoms with Gasteiger partial charge in [-0.1, -0.05) is 45.2 Å². The molecule has 0 aliphatic rings. The van der Waals surface area contributed by atoms with Crippen LogP contribution in [0.3, 0.4) is 0 Å². The van der Waals surface area contributed by atoms with Gasteiger partial charge in [0.05, 0.1) is 0 Å². The van der Waals surface area contributed by atoms with Gasteiger partial charge in [-0.3, -0.25) is 0 Å². The molecule has 0 saturated heterocycles. The van der Waals surface area contributed by atoms with E-state index in [-0.39, 0.29) is 5.75 Å². The second-order valence-electron chi connectivity index (χ2n) is 5.11. The Morgan fingerprint density at radius 2 is 1.68 bits per heavy atom. The van der Waals surface area contributed by atoms with E-state index in [4.69, 9.17) is 0 Å². The maximum absolute atomic E-state index is 12.7. The Balaban J connectivity index is 2.71. The molecular formula is C16H24F2O. The van der Waals surface area contributed by atoms with E-state index in [1.165, 1.54) is 18.4 Å². The smallest absolute Gasteiger partial charge is 0.394 e. The van der Waals surface area contributed by atoms with Crippen molar-refractivity contribution in [2.45, 2.75) is 64.9 Å². The highest BCUT2D eigenvalue weighted by Gasteiger charge is 2.23. The van der Waals surface area contributed by atoms with Gasteiger partial charge in [-0.25, -0.2) is 0 Å². The van der Waals surface area contributed by atoms with E-state index in [2.05, 4.69) is 18.6 Å². The monoisotopic (exact) mass is 270 g/mol. The lowest BCUT2D eigenvalue weighted by molar-refractivity contribution is -0.158. The average Bonchev–Trinajstić information content (AvgIpc) is 2.34. The van der Waals surface area contributed by atoms with Crippen molar-refractivity contribution < 1.29 is 13.5 Å². The van der Waals surface area contributed by atoms with Gasteiger partial charge in [0.2, 0.25) is 0 Å². The number of ether oxygens (including phenoxy) is 1. The number of unbranched alkanes of at least 4 members (excludes halogenated alkanes) is 1. The maximum atomic E-state index is 12.7. The first-order valence-corrected chi connectivity index (χ1v) is 7.13. The first-order valence-electron chi connectivity index (χ1n) is 7.13. The molecule has 1 nitrogen and oxygen atoms in total. The summed E-state index contributed by atoms with van der Waals surface area (Å²) in [5, 5.41) is 0. The minimum absolute atomic E-state index is 0.224. The van der Waals surface area contributed by atoms with Crippen molar-refractivity contribution in [3.8, 4) is 5.75 Å². The van der Waals surface area contributed by atoms with Crippen LogP contribution in [0.2, 0.25) is 0 Å². The third kappa shape index (κ3) is 6.04. The summed E-state index contributed by atoms with van der Waals surface area (Å²) in [6.07, 6.45) is 2.71. The fourth-order valence-corrected chi connectivity index (χ4v) is 2.29. The lowest BCUT2D eigenvalue weighted by Gasteiger charge is -2.18. The van der Waals surface area contributed by atoms with E-state index in [1.54, 1.807) is 12.1 Å². The lowest BCUT2D eigenvalue weighted by Crippen LogP contribution is -2.19. The Bertz CT molecular complexity index is 354. The molecule has 108 valence electrons. The van der Waals surface area contributed by atoms with Gasteiger partial charge in [0, 0.05) is 6.92 Å². The van der Waals surface area contributed by atoms with Gasteiger partial charge in [0.1, 0.15) is 5.75 Å². The number of hydrogen-bond donors (Lipinski definition) is 0. The first-order chi connectivity index (χ1) is 8.96. The van der Waals surface area contributed by atoms with Crippen LogP contribution in [-0.2, 0) is 0 Å². The van der Waals surface area contributed by atoms with E-state index in [0.29, 0.717) is 5.92 Å². The Morgan fingerprint density at radius 1 is 1.05 bits per heavy atom. The molecule has 0 radical (unpaired) electrons. The number of hydrogen-bond acceptors (Lipinski definition) is 1. The zero-order valence-electron chi connectivity index (χ0n) is 12.1. The summed E-state index contributed by atoms with van der Waals surface area (Å²) >= 11 is 0. The van der Waals surface area contributed by atoms with Crippen LogP contribution in [-0.4, -0.2) is 6.11 Å². The van der Waals surface area contributed by atoms with Gasteiger partial charge < -0.3 is 4.74 Å². The van der Waals surface area contributed by atoms with E-state index in [0.717, 1.165) is 26.2 Å². The summed E-state index contributed by atoms with van der Waals surface area (Å²) < 4.78 is 30.0. The summed E-state index contributed by atoms with van der Waals surface area (Å²) in [4.78, 5) is 0. The molecule has 0 fully saturated rings. The average molecular weight is 270 g/mol.